The second-order valence-corrected chi connectivity index (χ2v) is 4.41. The van der Waals surface area contributed by atoms with Crippen LogP contribution in [0.15, 0.2) is 18.2 Å². The van der Waals surface area contributed by atoms with E-state index in [1.54, 1.807) is 33.0 Å². The Labute approximate surface area is 110 Å². The molecule has 1 rings (SSSR count). The first-order chi connectivity index (χ1) is 8.81. The van der Waals surface area contributed by atoms with Gasteiger partial charge in [-0.1, -0.05) is 12.1 Å². The number of rotatable bonds is 6. The molecule has 3 N–H and O–H groups in total. The molecule has 0 aliphatic heterocycles. The predicted molar refractivity (Wildman–Crippen MR) is 70.0 cm³/mol. The first-order valence-corrected chi connectivity index (χ1v) is 5.67. The standard InChI is InChI=1S/C12H17N3O4/c1-8-5-4-6-9(10(8)15(17)18)19-7-12(2,14-3)11(13)16/h4-6,14H,7H2,1-3H3,(H2,13,16). The van der Waals surface area contributed by atoms with Crippen molar-refractivity contribution in [3.8, 4) is 5.75 Å². The fourth-order valence-electron chi connectivity index (χ4n) is 1.47. The van der Waals surface area contributed by atoms with Crippen LogP contribution in [0, 0.1) is 17.0 Å². The first-order valence-electron chi connectivity index (χ1n) is 5.67. The molecule has 19 heavy (non-hydrogen) atoms. The van der Waals surface area contributed by atoms with Gasteiger partial charge in [-0.2, -0.15) is 0 Å². The van der Waals surface area contributed by atoms with Crippen molar-refractivity contribution in [2.24, 2.45) is 5.73 Å². The minimum Gasteiger partial charge on any atom is -0.484 e. The van der Waals surface area contributed by atoms with Crippen LogP contribution in [0.3, 0.4) is 0 Å². The van der Waals surface area contributed by atoms with Gasteiger partial charge in [0.2, 0.25) is 5.91 Å². The van der Waals surface area contributed by atoms with Crippen LogP contribution in [-0.2, 0) is 4.79 Å². The average Bonchev–Trinajstić information content (AvgIpc) is 2.35. The van der Waals surface area contributed by atoms with Gasteiger partial charge in [-0.3, -0.25) is 14.9 Å². The van der Waals surface area contributed by atoms with Gasteiger partial charge in [0.15, 0.2) is 5.75 Å². The molecule has 0 spiro atoms. The van der Waals surface area contributed by atoms with Gasteiger partial charge in [0.1, 0.15) is 12.1 Å². The van der Waals surface area contributed by atoms with E-state index in [0.717, 1.165) is 0 Å². The van der Waals surface area contributed by atoms with E-state index in [-0.39, 0.29) is 18.0 Å². The predicted octanol–water partition coefficient (Wildman–Crippen LogP) is 0.745. The summed E-state index contributed by atoms with van der Waals surface area (Å²) < 4.78 is 5.39. The van der Waals surface area contributed by atoms with E-state index in [4.69, 9.17) is 10.5 Å². The smallest absolute Gasteiger partial charge is 0.313 e. The highest BCUT2D eigenvalue weighted by Gasteiger charge is 2.31. The van der Waals surface area contributed by atoms with Crippen molar-refractivity contribution >= 4 is 11.6 Å². The van der Waals surface area contributed by atoms with Crippen LogP contribution >= 0.6 is 0 Å². The highest BCUT2D eigenvalue weighted by atomic mass is 16.6. The van der Waals surface area contributed by atoms with Crippen molar-refractivity contribution in [3.63, 3.8) is 0 Å². The molecule has 0 bridgehead atoms. The molecule has 0 aliphatic carbocycles. The molecule has 0 heterocycles. The molecule has 1 amide bonds. The Morgan fingerprint density at radius 2 is 2.21 bits per heavy atom. The molecule has 1 aromatic rings. The molecule has 0 fully saturated rings. The minimum atomic E-state index is -1.09. The number of carbonyl (C=O) groups excluding carboxylic acids is 1. The fourth-order valence-corrected chi connectivity index (χ4v) is 1.47. The summed E-state index contributed by atoms with van der Waals surface area (Å²) in [5.41, 5.74) is 4.56. The Bertz CT molecular complexity index is 504. The third-order valence-electron chi connectivity index (χ3n) is 3.00. The van der Waals surface area contributed by atoms with Crippen molar-refractivity contribution in [2.45, 2.75) is 19.4 Å². The number of primary amides is 1. The topological polar surface area (TPSA) is 107 Å². The lowest BCUT2D eigenvalue weighted by Crippen LogP contribution is -2.55. The third-order valence-corrected chi connectivity index (χ3v) is 3.00. The Hall–Kier alpha value is -2.15. The molecule has 104 valence electrons. The maximum Gasteiger partial charge on any atom is 0.313 e. The Morgan fingerprint density at radius 1 is 1.58 bits per heavy atom. The maximum atomic E-state index is 11.3. The number of aryl methyl sites for hydroxylation is 1. The lowest BCUT2D eigenvalue weighted by molar-refractivity contribution is -0.386. The van der Waals surface area contributed by atoms with Crippen LogP contribution in [0.25, 0.3) is 0 Å². The number of hydrogen-bond donors (Lipinski definition) is 2. The van der Waals surface area contributed by atoms with Gasteiger partial charge in [0.25, 0.3) is 0 Å². The second-order valence-electron chi connectivity index (χ2n) is 4.41. The van der Waals surface area contributed by atoms with E-state index in [9.17, 15) is 14.9 Å². The molecular formula is C12H17N3O4. The molecule has 0 aliphatic rings. The Morgan fingerprint density at radius 3 is 2.68 bits per heavy atom. The summed E-state index contributed by atoms with van der Waals surface area (Å²) in [4.78, 5) is 21.8. The number of benzene rings is 1. The zero-order valence-electron chi connectivity index (χ0n) is 11.1. The number of carbonyl (C=O) groups is 1. The number of para-hydroxylation sites is 1. The molecule has 7 nitrogen and oxygen atoms in total. The van der Waals surface area contributed by atoms with Gasteiger partial charge in [0, 0.05) is 5.56 Å². The zero-order valence-corrected chi connectivity index (χ0v) is 11.1. The van der Waals surface area contributed by atoms with Crippen LogP contribution in [-0.4, -0.2) is 30.0 Å². The SMILES string of the molecule is CNC(C)(COc1cccc(C)c1[N+](=O)[O-])C(N)=O. The summed E-state index contributed by atoms with van der Waals surface area (Å²) in [5.74, 6) is -0.474. The summed E-state index contributed by atoms with van der Waals surface area (Å²) in [5, 5.41) is 13.7. The van der Waals surface area contributed by atoms with Crippen LogP contribution in [0.2, 0.25) is 0 Å². The zero-order chi connectivity index (χ0) is 14.6. The minimum absolute atomic E-state index is 0.0941. The van der Waals surface area contributed by atoms with E-state index < -0.39 is 16.4 Å². The number of nitrogens with one attached hydrogen (secondary N) is 1. The lowest BCUT2D eigenvalue weighted by atomic mass is 10.0. The van der Waals surface area contributed by atoms with Crippen molar-refractivity contribution in [2.75, 3.05) is 13.7 Å². The quantitative estimate of drug-likeness (QED) is 0.584. The molecule has 0 saturated carbocycles. The van der Waals surface area contributed by atoms with Crippen LogP contribution in [0.5, 0.6) is 5.75 Å². The summed E-state index contributed by atoms with van der Waals surface area (Å²) >= 11 is 0. The highest BCUT2D eigenvalue weighted by Crippen LogP contribution is 2.30. The molecular weight excluding hydrogens is 250 g/mol. The van der Waals surface area contributed by atoms with E-state index >= 15 is 0 Å². The number of ether oxygens (including phenoxy) is 1. The normalized spacial score (nSPS) is 13.6. The highest BCUT2D eigenvalue weighted by molar-refractivity contribution is 5.84. The largest absolute Gasteiger partial charge is 0.484 e. The van der Waals surface area contributed by atoms with E-state index in [2.05, 4.69) is 5.32 Å². The molecule has 1 aromatic carbocycles. The molecule has 0 aromatic heterocycles. The molecule has 7 heteroatoms. The van der Waals surface area contributed by atoms with Gasteiger partial charge in [0.05, 0.1) is 4.92 Å². The molecule has 0 saturated heterocycles. The third kappa shape index (κ3) is 3.19. The first kappa shape index (κ1) is 14.9. The van der Waals surface area contributed by atoms with E-state index in [1.165, 1.54) is 6.07 Å². The number of amides is 1. The maximum absolute atomic E-state index is 11.3. The molecule has 1 unspecified atom stereocenters. The van der Waals surface area contributed by atoms with Crippen molar-refractivity contribution < 1.29 is 14.5 Å². The van der Waals surface area contributed by atoms with Crippen molar-refractivity contribution in [3.05, 3.63) is 33.9 Å². The summed E-state index contributed by atoms with van der Waals surface area (Å²) in [6, 6.07) is 4.76. The molecule has 0 radical (unpaired) electrons. The van der Waals surface area contributed by atoms with E-state index in [0.29, 0.717) is 5.56 Å². The number of nitrogens with two attached hydrogens (primary N) is 1. The Kier molecular flexibility index (Phi) is 4.44. The summed E-state index contributed by atoms with van der Waals surface area (Å²) in [7, 11) is 1.57. The molecule has 1 atom stereocenters. The van der Waals surface area contributed by atoms with Crippen LogP contribution in [0.4, 0.5) is 5.69 Å². The van der Waals surface area contributed by atoms with Crippen molar-refractivity contribution in [1.82, 2.24) is 5.32 Å². The lowest BCUT2D eigenvalue weighted by Gasteiger charge is -2.25. The number of nitro groups is 1. The van der Waals surface area contributed by atoms with Gasteiger partial charge in [-0.05, 0) is 27.0 Å². The summed E-state index contributed by atoms with van der Waals surface area (Å²) in [6.45, 7) is 3.09. The van der Waals surface area contributed by atoms with Crippen LogP contribution in [0.1, 0.15) is 12.5 Å². The monoisotopic (exact) mass is 267 g/mol. The van der Waals surface area contributed by atoms with Gasteiger partial charge in [-0.25, -0.2) is 0 Å². The van der Waals surface area contributed by atoms with Crippen molar-refractivity contribution in [1.29, 1.82) is 0 Å². The van der Waals surface area contributed by atoms with E-state index in [1.807, 2.05) is 0 Å². The van der Waals surface area contributed by atoms with Gasteiger partial charge >= 0.3 is 5.69 Å². The Balaban J connectivity index is 2.98. The number of hydrogen-bond acceptors (Lipinski definition) is 5. The van der Waals surface area contributed by atoms with Gasteiger partial charge in [-0.15, -0.1) is 0 Å². The number of nitrogens with zero attached hydrogens (tertiary/aromatic N) is 1. The summed E-state index contributed by atoms with van der Waals surface area (Å²) in [6.07, 6.45) is 0. The van der Waals surface area contributed by atoms with Crippen LogP contribution < -0.4 is 15.8 Å². The average molecular weight is 267 g/mol. The second kappa shape index (κ2) is 5.66. The van der Waals surface area contributed by atoms with Gasteiger partial charge < -0.3 is 15.8 Å². The fraction of sp³-hybridized carbons (Fsp3) is 0.417. The number of likely N-dealkylation sites (N-methyl/N-ethyl adjacent to an activating group) is 1. The number of nitro benzene ring substituents is 1.